The van der Waals surface area contributed by atoms with Gasteiger partial charge in [-0.15, -0.1) is 0 Å². The van der Waals surface area contributed by atoms with E-state index < -0.39 is 10.0 Å². The molecule has 0 unspecified atom stereocenters. The number of fused-ring (bicyclic) bond motifs is 2. The van der Waals surface area contributed by atoms with Crippen LogP contribution < -0.4 is 19.1 Å². The lowest BCUT2D eigenvalue weighted by Crippen LogP contribution is -2.21. The number of nitrogens with zero attached hydrogens (tertiary/aromatic N) is 1. The average Bonchev–Trinajstić information content (AvgIpc) is 3.30. The molecule has 2 aromatic rings. The molecule has 144 valence electrons. The van der Waals surface area contributed by atoms with Gasteiger partial charge in [0.1, 0.15) is 16.4 Å². The van der Waals surface area contributed by atoms with Crippen molar-refractivity contribution in [2.24, 2.45) is 0 Å². The summed E-state index contributed by atoms with van der Waals surface area (Å²) in [7, 11) is -3.78. The number of sulfonamides is 1. The highest BCUT2D eigenvalue weighted by Gasteiger charge is 2.33. The minimum Gasteiger partial charge on any atom is -0.493 e. The molecule has 0 saturated heterocycles. The van der Waals surface area contributed by atoms with Crippen molar-refractivity contribution in [1.29, 1.82) is 0 Å². The summed E-state index contributed by atoms with van der Waals surface area (Å²) in [6.07, 6.45) is 1.27. The minimum atomic E-state index is -3.78. The topological polar surface area (TPSA) is 67.9 Å². The lowest BCUT2D eigenvalue weighted by Gasteiger charge is -2.21. The summed E-state index contributed by atoms with van der Waals surface area (Å²) in [5.74, 6) is 1.14. The van der Waals surface area contributed by atoms with Crippen LogP contribution in [0.25, 0.3) is 0 Å². The SMILES string of the molecule is CCN(CC)c1ccc(NS(=O)(=O)c2c3c(cc4c2OCC4)OCC3)cc1. The Morgan fingerprint density at radius 1 is 1.04 bits per heavy atom. The lowest BCUT2D eigenvalue weighted by molar-refractivity contribution is 0.348. The first-order chi connectivity index (χ1) is 13.0. The maximum absolute atomic E-state index is 13.2. The van der Waals surface area contributed by atoms with E-state index in [1.807, 2.05) is 18.2 Å². The molecule has 0 fully saturated rings. The van der Waals surface area contributed by atoms with Crippen molar-refractivity contribution in [1.82, 2.24) is 0 Å². The largest absolute Gasteiger partial charge is 0.493 e. The molecule has 0 bridgehead atoms. The average molecular weight is 388 g/mol. The van der Waals surface area contributed by atoms with Crippen LogP contribution in [0, 0.1) is 0 Å². The zero-order valence-corrected chi connectivity index (χ0v) is 16.4. The van der Waals surface area contributed by atoms with Crippen molar-refractivity contribution >= 4 is 21.4 Å². The molecule has 2 aliphatic heterocycles. The summed E-state index contributed by atoms with van der Waals surface area (Å²) >= 11 is 0. The van der Waals surface area contributed by atoms with E-state index in [4.69, 9.17) is 9.47 Å². The van der Waals surface area contributed by atoms with Crippen LogP contribution in [-0.2, 0) is 22.9 Å². The Morgan fingerprint density at radius 3 is 2.44 bits per heavy atom. The fraction of sp³-hybridized carbons (Fsp3) is 0.400. The van der Waals surface area contributed by atoms with Crippen LogP contribution in [0.2, 0.25) is 0 Å². The van der Waals surface area contributed by atoms with E-state index in [1.54, 1.807) is 12.1 Å². The molecule has 2 aromatic carbocycles. The van der Waals surface area contributed by atoms with Gasteiger partial charge in [-0.3, -0.25) is 4.72 Å². The standard InChI is InChI=1S/C20H24N2O4S/c1-3-22(4-2)16-7-5-15(6-8-16)21-27(23,24)20-17-10-12-25-18(17)13-14-9-11-26-19(14)20/h5-8,13,21H,3-4,9-12H2,1-2H3. The fourth-order valence-electron chi connectivity index (χ4n) is 3.76. The molecule has 4 rings (SSSR count). The van der Waals surface area contributed by atoms with Crippen molar-refractivity contribution in [2.75, 3.05) is 35.9 Å². The van der Waals surface area contributed by atoms with Gasteiger partial charge >= 0.3 is 0 Å². The third-order valence-electron chi connectivity index (χ3n) is 5.12. The summed E-state index contributed by atoms with van der Waals surface area (Å²) in [5.41, 5.74) is 3.21. The Labute approximate surface area is 160 Å². The molecule has 2 aliphatic rings. The molecule has 0 aliphatic carbocycles. The van der Waals surface area contributed by atoms with E-state index in [0.717, 1.165) is 24.3 Å². The molecular formula is C20H24N2O4S. The Hall–Kier alpha value is -2.41. The number of hydrogen-bond acceptors (Lipinski definition) is 5. The number of hydrogen-bond donors (Lipinski definition) is 1. The summed E-state index contributed by atoms with van der Waals surface area (Å²) in [5, 5.41) is 0. The van der Waals surface area contributed by atoms with Crippen molar-refractivity contribution in [3.63, 3.8) is 0 Å². The second-order valence-corrected chi connectivity index (χ2v) is 8.31. The molecular weight excluding hydrogens is 364 g/mol. The number of ether oxygens (including phenoxy) is 2. The monoisotopic (exact) mass is 388 g/mol. The van der Waals surface area contributed by atoms with E-state index in [2.05, 4.69) is 23.5 Å². The highest BCUT2D eigenvalue weighted by atomic mass is 32.2. The van der Waals surface area contributed by atoms with E-state index in [0.29, 0.717) is 48.8 Å². The van der Waals surface area contributed by atoms with Gasteiger partial charge in [-0.05, 0) is 44.2 Å². The summed E-state index contributed by atoms with van der Waals surface area (Å²) < 4.78 is 40.4. The van der Waals surface area contributed by atoms with Gasteiger partial charge in [0.2, 0.25) is 0 Å². The smallest absolute Gasteiger partial charge is 0.266 e. The highest BCUT2D eigenvalue weighted by molar-refractivity contribution is 7.92. The molecule has 0 atom stereocenters. The normalized spacial score (nSPS) is 14.9. The van der Waals surface area contributed by atoms with Gasteiger partial charge in [0.25, 0.3) is 10.0 Å². The first kappa shape index (κ1) is 18.0. The van der Waals surface area contributed by atoms with E-state index >= 15 is 0 Å². The number of rotatable bonds is 6. The molecule has 27 heavy (non-hydrogen) atoms. The number of nitrogens with one attached hydrogen (secondary N) is 1. The Kier molecular flexibility index (Phi) is 4.63. The molecule has 1 N–H and O–H groups in total. The first-order valence-corrected chi connectivity index (χ1v) is 10.8. The third kappa shape index (κ3) is 3.20. The highest BCUT2D eigenvalue weighted by Crippen LogP contribution is 2.43. The quantitative estimate of drug-likeness (QED) is 0.823. The molecule has 2 heterocycles. The molecule has 0 amide bonds. The van der Waals surface area contributed by atoms with Crippen LogP contribution in [0.5, 0.6) is 11.5 Å². The summed E-state index contributed by atoms with van der Waals surface area (Å²) in [6.45, 7) is 7.00. The summed E-state index contributed by atoms with van der Waals surface area (Å²) in [4.78, 5) is 2.44. The number of anilines is 2. The zero-order valence-electron chi connectivity index (χ0n) is 15.6. The Morgan fingerprint density at radius 2 is 1.74 bits per heavy atom. The van der Waals surface area contributed by atoms with Crippen molar-refractivity contribution in [3.05, 3.63) is 41.5 Å². The van der Waals surface area contributed by atoms with Crippen LogP contribution in [-0.4, -0.2) is 34.7 Å². The van der Waals surface area contributed by atoms with Crippen LogP contribution >= 0.6 is 0 Å². The van der Waals surface area contributed by atoms with Gasteiger partial charge in [0.15, 0.2) is 0 Å². The van der Waals surface area contributed by atoms with Gasteiger partial charge in [0, 0.05) is 48.4 Å². The van der Waals surface area contributed by atoms with Gasteiger partial charge in [-0.2, -0.15) is 0 Å². The van der Waals surface area contributed by atoms with Gasteiger partial charge in [0.05, 0.1) is 13.2 Å². The fourth-order valence-corrected chi connectivity index (χ4v) is 5.27. The molecule has 0 saturated carbocycles. The summed E-state index contributed by atoms with van der Waals surface area (Å²) in [6, 6.07) is 9.38. The maximum Gasteiger partial charge on any atom is 0.266 e. The Bertz CT molecular complexity index is 919. The molecule has 7 heteroatoms. The van der Waals surface area contributed by atoms with E-state index in [9.17, 15) is 8.42 Å². The molecule has 6 nitrogen and oxygen atoms in total. The van der Waals surface area contributed by atoms with E-state index in [-0.39, 0.29) is 4.90 Å². The second-order valence-electron chi connectivity index (χ2n) is 6.69. The maximum atomic E-state index is 13.2. The van der Waals surface area contributed by atoms with Crippen molar-refractivity contribution in [3.8, 4) is 11.5 Å². The van der Waals surface area contributed by atoms with E-state index in [1.165, 1.54) is 0 Å². The molecule has 0 spiro atoms. The van der Waals surface area contributed by atoms with Crippen LogP contribution in [0.4, 0.5) is 11.4 Å². The van der Waals surface area contributed by atoms with Crippen LogP contribution in [0.1, 0.15) is 25.0 Å². The van der Waals surface area contributed by atoms with Gasteiger partial charge in [-0.25, -0.2) is 8.42 Å². The van der Waals surface area contributed by atoms with Crippen molar-refractivity contribution < 1.29 is 17.9 Å². The second kappa shape index (κ2) is 6.96. The lowest BCUT2D eigenvalue weighted by atomic mass is 10.1. The van der Waals surface area contributed by atoms with Gasteiger partial charge < -0.3 is 14.4 Å². The third-order valence-corrected chi connectivity index (χ3v) is 6.59. The predicted molar refractivity (Wildman–Crippen MR) is 106 cm³/mol. The molecule has 0 radical (unpaired) electrons. The Balaban J connectivity index is 1.68. The van der Waals surface area contributed by atoms with Gasteiger partial charge in [-0.1, -0.05) is 0 Å². The van der Waals surface area contributed by atoms with Crippen LogP contribution in [0.3, 0.4) is 0 Å². The zero-order chi connectivity index (χ0) is 19.0. The van der Waals surface area contributed by atoms with Crippen molar-refractivity contribution in [2.45, 2.75) is 31.6 Å². The molecule has 0 aromatic heterocycles. The number of benzene rings is 2. The predicted octanol–water partition coefficient (Wildman–Crippen LogP) is 3.20. The first-order valence-electron chi connectivity index (χ1n) is 9.35. The minimum absolute atomic E-state index is 0.234. The van der Waals surface area contributed by atoms with Crippen LogP contribution in [0.15, 0.2) is 35.2 Å².